The fourth-order valence-corrected chi connectivity index (χ4v) is 2.46. The average molecular weight is 247 g/mol. The van der Waals surface area contributed by atoms with Gasteiger partial charge in [0.25, 0.3) is 0 Å². The first-order valence-electron chi connectivity index (χ1n) is 5.60. The molecule has 1 unspecified atom stereocenters. The first-order valence-corrected chi connectivity index (χ1v) is 6.99. The van der Waals surface area contributed by atoms with E-state index in [1.807, 2.05) is 36.2 Å². The Bertz CT molecular complexity index is 513. The van der Waals surface area contributed by atoms with Crippen LogP contribution in [0.3, 0.4) is 0 Å². The van der Waals surface area contributed by atoms with Crippen molar-refractivity contribution in [3.63, 3.8) is 0 Å². The number of nitrogen functional groups attached to an aromatic ring is 1. The number of nitrogens with one attached hydrogen (secondary N) is 1. The standard InChI is InChI=1S/C13H17N3S/c1-9(8-17-2)16-12-4-3-10-7-15-6-5-11(10)13(12)14/h3-7,9,16H,8,14H2,1-2H3. The molecule has 0 bridgehead atoms. The fraction of sp³-hybridized carbons (Fsp3) is 0.308. The Balaban J connectivity index is 2.32. The van der Waals surface area contributed by atoms with Gasteiger partial charge in [0.05, 0.1) is 11.4 Å². The molecule has 3 nitrogen and oxygen atoms in total. The summed E-state index contributed by atoms with van der Waals surface area (Å²) in [6.07, 6.45) is 5.71. The van der Waals surface area contributed by atoms with E-state index in [-0.39, 0.29) is 0 Å². The Hall–Kier alpha value is -1.42. The second-order valence-electron chi connectivity index (χ2n) is 4.12. The monoisotopic (exact) mass is 247 g/mol. The van der Waals surface area contributed by atoms with Crippen LogP contribution in [-0.4, -0.2) is 23.0 Å². The maximum Gasteiger partial charge on any atom is 0.0630 e. The summed E-state index contributed by atoms with van der Waals surface area (Å²) >= 11 is 1.83. The highest BCUT2D eigenvalue weighted by molar-refractivity contribution is 7.98. The summed E-state index contributed by atoms with van der Waals surface area (Å²) in [6.45, 7) is 2.16. The molecule has 17 heavy (non-hydrogen) atoms. The molecule has 4 heteroatoms. The van der Waals surface area contributed by atoms with Crippen LogP contribution >= 0.6 is 11.8 Å². The average Bonchev–Trinajstić information content (AvgIpc) is 2.33. The lowest BCUT2D eigenvalue weighted by Gasteiger charge is -2.16. The summed E-state index contributed by atoms with van der Waals surface area (Å²) in [6, 6.07) is 6.43. The van der Waals surface area contributed by atoms with E-state index >= 15 is 0 Å². The molecule has 1 atom stereocenters. The lowest BCUT2D eigenvalue weighted by molar-refractivity contribution is 0.915. The van der Waals surface area contributed by atoms with Gasteiger partial charge < -0.3 is 11.1 Å². The number of fused-ring (bicyclic) bond motifs is 1. The molecule has 0 aliphatic heterocycles. The molecule has 0 aliphatic carbocycles. The highest BCUT2D eigenvalue weighted by Crippen LogP contribution is 2.28. The van der Waals surface area contributed by atoms with Crippen LogP contribution in [0.1, 0.15) is 6.92 Å². The molecule has 0 amide bonds. The minimum absolute atomic E-state index is 0.409. The van der Waals surface area contributed by atoms with E-state index in [9.17, 15) is 0 Å². The number of nitrogens with zero attached hydrogens (tertiary/aromatic N) is 1. The summed E-state index contributed by atoms with van der Waals surface area (Å²) in [5.41, 5.74) is 7.97. The van der Waals surface area contributed by atoms with Crippen LogP contribution in [0.15, 0.2) is 30.6 Å². The molecule has 0 spiro atoms. The van der Waals surface area contributed by atoms with Gasteiger partial charge in [0.15, 0.2) is 0 Å². The molecule has 1 heterocycles. The molecule has 90 valence electrons. The summed E-state index contributed by atoms with van der Waals surface area (Å²) in [5.74, 6) is 1.06. The highest BCUT2D eigenvalue weighted by Gasteiger charge is 2.07. The zero-order chi connectivity index (χ0) is 12.3. The van der Waals surface area contributed by atoms with Gasteiger partial charge in [-0.3, -0.25) is 4.98 Å². The Morgan fingerprint density at radius 2 is 2.24 bits per heavy atom. The van der Waals surface area contributed by atoms with Crippen LogP contribution in [0.25, 0.3) is 10.8 Å². The van der Waals surface area contributed by atoms with Gasteiger partial charge in [0.1, 0.15) is 0 Å². The second kappa shape index (κ2) is 5.27. The van der Waals surface area contributed by atoms with Crippen molar-refractivity contribution in [2.24, 2.45) is 0 Å². The number of pyridine rings is 1. The zero-order valence-electron chi connectivity index (χ0n) is 10.1. The molecule has 0 saturated carbocycles. The maximum atomic E-state index is 6.17. The van der Waals surface area contributed by atoms with Crippen LogP contribution in [0, 0.1) is 0 Å². The van der Waals surface area contributed by atoms with Crippen molar-refractivity contribution in [3.8, 4) is 0 Å². The van der Waals surface area contributed by atoms with Crippen LogP contribution in [-0.2, 0) is 0 Å². The SMILES string of the molecule is CSCC(C)Nc1ccc2cnccc2c1N. The summed E-state index contributed by atoms with van der Waals surface area (Å²) < 4.78 is 0. The predicted molar refractivity (Wildman–Crippen MR) is 77.6 cm³/mol. The van der Waals surface area contributed by atoms with Crippen molar-refractivity contribution < 1.29 is 0 Å². The van der Waals surface area contributed by atoms with E-state index in [0.717, 1.165) is 27.9 Å². The van der Waals surface area contributed by atoms with Crippen molar-refractivity contribution in [3.05, 3.63) is 30.6 Å². The van der Waals surface area contributed by atoms with Crippen LogP contribution in [0.2, 0.25) is 0 Å². The molecule has 0 radical (unpaired) electrons. The van der Waals surface area contributed by atoms with E-state index in [1.165, 1.54) is 0 Å². The molecule has 1 aromatic heterocycles. The van der Waals surface area contributed by atoms with Gasteiger partial charge in [0.2, 0.25) is 0 Å². The quantitative estimate of drug-likeness (QED) is 0.816. The number of thioether (sulfide) groups is 1. The van der Waals surface area contributed by atoms with Crippen molar-refractivity contribution in [1.82, 2.24) is 4.98 Å². The number of anilines is 2. The third-order valence-electron chi connectivity index (χ3n) is 2.68. The van der Waals surface area contributed by atoms with E-state index in [4.69, 9.17) is 5.73 Å². The lowest BCUT2D eigenvalue weighted by Crippen LogP contribution is -2.18. The van der Waals surface area contributed by atoms with E-state index in [2.05, 4.69) is 23.5 Å². The Morgan fingerprint density at radius 3 is 3.00 bits per heavy atom. The van der Waals surface area contributed by atoms with Crippen molar-refractivity contribution in [2.45, 2.75) is 13.0 Å². The van der Waals surface area contributed by atoms with Gasteiger partial charge in [-0.2, -0.15) is 11.8 Å². The van der Waals surface area contributed by atoms with Crippen molar-refractivity contribution >= 4 is 33.9 Å². The summed E-state index contributed by atoms with van der Waals surface area (Å²) in [5, 5.41) is 5.57. The van der Waals surface area contributed by atoms with Crippen molar-refractivity contribution in [1.29, 1.82) is 0 Å². The normalized spacial score (nSPS) is 12.6. The van der Waals surface area contributed by atoms with E-state index < -0.39 is 0 Å². The molecular formula is C13H17N3S. The maximum absolute atomic E-state index is 6.17. The third kappa shape index (κ3) is 2.64. The smallest absolute Gasteiger partial charge is 0.0630 e. The van der Waals surface area contributed by atoms with Gasteiger partial charge in [-0.05, 0) is 25.3 Å². The molecule has 3 N–H and O–H groups in total. The Morgan fingerprint density at radius 1 is 1.41 bits per heavy atom. The number of rotatable bonds is 4. The zero-order valence-corrected chi connectivity index (χ0v) is 10.9. The van der Waals surface area contributed by atoms with Gasteiger partial charge in [0, 0.05) is 35.0 Å². The first-order chi connectivity index (χ1) is 8.22. The molecule has 0 fully saturated rings. The number of benzene rings is 1. The van der Waals surface area contributed by atoms with Crippen LogP contribution in [0.5, 0.6) is 0 Å². The molecule has 2 aromatic rings. The summed E-state index contributed by atoms with van der Waals surface area (Å²) in [7, 11) is 0. The topological polar surface area (TPSA) is 50.9 Å². The van der Waals surface area contributed by atoms with Gasteiger partial charge >= 0.3 is 0 Å². The van der Waals surface area contributed by atoms with Crippen molar-refractivity contribution in [2.75, 3.05) is 23.1 Å². The number of aromatic nitrogens is 1. The lowest BCUT2D eigenvalue weighted by atomic mass is 10.1. The molecule has 0 saturated heterocycles. The minimum Gasteiger partial charge on any atom is -0.397 e. The molecule has 2 rings (SSSR count). The molecule has 1 aromatic carbocycles. The molecular weight excluding hydrogens is 230 g/mol. The predicted octanol–water partition coefficient (Wildman–Crippen LogP) is 2.98. The van der Waals surface area contributed by atoms with Gasteiger partial charge in [-0.15, -0.1) is 0 Å². The minimum atomic E-state index is 0.409. The Labute approximate surface area is 106 Å². The Kier molecular flexibility index (Phi) is 3.74. The summed E-state index contributed by atoms with van der Waals surface area (Å²) in [4.78, 5) is 4.09. The van der Waals surface area contributed by atoms with Gasteiger partial charge in [-0.1, -0.05) is 6.07 Å². The van der Waals surface area contributed by atoms with E-state index in [1.54, 1.807) is 6.20 Å². The number of nitrogens with two attached hydrogens (primary N) is 1. The van der Waals surface area contributed by atoms with E-state index in [0.29, 0.717) is 6.04 Å². The largest absolute Gasteiger partial charge is 0.397 e. The fourth-order valence-electron chi connectivity index (χ4n) is 1.88. The highest BCUT2D eigenvalue weighted by atomic mass is 32.2. The second-order valence-corrected chi connectivity index (χ2v) is 5.04. The number of hydrogen-bond donors (Lipinski definition) is 2. The molecule has 0 aliphatic rings. The third-order valence-corrected chi connectivity index (χ3v) is 3.51. The van der Waals surface area contributed by atoms with Gasteiger partial charge in [-0.25, -0.2) is 0 Å². The van der Waals surface area contributed by atoms with Crippen LogP contribution in [0.4, 0.5) is 11.4 Å². The first kappa shape index (κ1) is 12.0. The number of hydrogen-bond acceptors (Lipinski definition) is 4. The van der Waals surface area contributed by atoms with Crippen LogP contribution < -0.4 is 11.1 Å².